The van der Waals surface area contributed by atoms with Gasteiger partial charge in [-0.1, -0.05) is 29.4 Å². The van der Waals surface area contributed by atoms with Crippen molar-refractivity contribution in [2.24, 2.45) is 0 Å². The summed E-state index contributed by atoms with van der Waals surface area (Å²) in [5.41, 5.74) is 1.55. The van der Waals surface area contributed by atoms with Crippen LogP contribution in [-0.2, 0) is 6.54 Å². The Morgan fingerprint density at radius 3 is 2.95 bits per heavy atom. The van der Waals surface area contributed by atoms with E-state index in [9.17, 15) is 4.79 Å². The third kappa shape index (κ3) is 3.59. The average molecular weight is 296 g/mol. The van der Waals surface area contributed by atoms with E-state index in [4.69, 9.17) is 11.6 Å². The summed E-state index contributed by atoms with van der Waals surface area (Å²) in [4.78, 5) is 19.4. The van der Waals surface area contributed by atoms with Crippen LogP contribution in [0.5, 0.6) is 0 Å². The van der Waals surface area contributed by atoms with Gasteiger partial charge in [0.05, 0.1) is 0 Å². The molecule has 0 aliphatic heterocycles. The molecule has 1 aromatic carbocycles. The first-order valence-electron chi connectivity index (χ1n) is 5.78. The number of halogens is 1. The van der Waals surface area contributed by atoms with Crippen molar-refractivity contribution in [1.29, 1.82) is 0 Å². The zero-order chi connectivity index (χ0) is 13.8. The predicted molar refractivity (Wildman–Crippen MR) is 77.9 cm³/mol. The number of aromatic nitrogens is 2. The first-order chi connectivity index (χ1) is 9.10. The fraction of sp³-hybridized carbons (Fsp3) is 0.231. The lowest BCUT2D eigenvalue weighted by Crippen LogP contribution is -2.09. The Hall–Kier alpha value is -1.30. The maximum absolute atomic E-state index is 11.4. The Morgan fingerprint density at radius 1 is 1.47 bits per heavy atom. The molecule has 1 aromatic heterocycles. The third-order valence-corrected chi connectivity index (χ3v) is 3.83. The molecule has 19 heavy (non-hydrogen) atoms. The first kappa shape index (κ1) is 14.1. The molecule has 0 aliphatic rings. The summed E-state index contributed by atoms with van der Waals surface area (Å²) < 4.78 is 0. The van der Waals surface area contributed by atoms with Crippen molar-refractivity contribution < 1.29 is 0 Å². The number of aromatic amines is 1. The largest absolute Gasteiger partial charge is 0.316 e. The van der Waals surface area contributed by atoms with E-state index in [0.29, 0.717) is 22.4 Å². The molecular weight excluding hydrogens is 282 g/mol. The van der Waals surface area contributed by atoms with Gasteiger partial charge in [-0.3, -0.25) is 4.79 Å². The van der Waals surface area contributed by atoms with Crippen LogP contribution in [0.1, 0.15) is 11.3 Å². The van der Waals surface area contributed by atoms with Gasteiger partial charge in [-0.2, -0.15) is 0 Å². The number of nitrogens with zero attached hydrogens (tertiary/aromatic N) is 1. The minimum Gasteiger partial charge on any atom is -0.316 e. The van der Waals surface area contributed by atoms with E-state index in [1.807, 2.05) is 25.2 Å². The predicted octanol–water partition coefficient (Wildman–Crippen LogP) is 2.60. The van der Waals surface area contributed by atoms with Crippen LogP contribution in [0.25, 0.3) is 0 Å². The molecule has 2 rings (SSSR count). The fourth-order valence-corrected chi connectivity index (χ4v) is 2.99. The second kappa shape index (κ2) is 6.23. The Kier molecular flexibility index (Phi) is 4.63. The van der Waals surface area contributed by atoms with E-state index in [0.717, 1.165) is 10.5 Å². The van der Waals surface area contributed by atoms with Gasteiger partial charge in [-0.05, 0) is 31.7 Å². The Labute approximate surface area is 120 Å². The van der Waals surface area contributed by atoms with Crippen LogP contribution in [0.15, 0.2) is 39.1 Å². The third-order valence-electron chi connectivity index (χ3n) is 2.48. The van der Waals surface area contributed by atoms with Crippen LogP contribution < -0.4 is 10.9 Å². The van der Waals surface area contributed by atoms with E-state index in [1.54, 1.807) is 6.92 Å². The maximum Gasteiger partial charge on any atom is 0.251 e. The summed E-state index contributed by atoms with van der Waals surface area (Å²) in [5.74, 6) is 0. The van der Waals surface area contributed by atoms with Gasteiger partial charge in [-0.15, -0.1) is 0 Å². The molecule has 0 amide bonds. The number of nitrogens with one attached hydrogen (secondary N) is 2. The van der Waals surface area contributed by atoms with Crippen LogP contribution in [0, 0.1) is 6.92 Å². The molecule has 0 fully saturated rings. The van der Waals surface area contributed by atoms with E-state index in [2.05, 4.69) is 15.3 Å². The maximum atomic E-state index is 11.4. The SMILES string of the molecule is CNCc1c(Cl)cccc1Sc1nc(C)cc(=O)[nH]1. The minimum absolute atomic E-state index is 0.146. The topological polar surface area (TPSA) is 57.8 Å². The van der Waals surface area contributed by atoms with Gasteiger partial charge < -0.3 is 10.3 Å². The van der Waals surface area contributed by atoms with Gasteiger partial charge in [0.25, 0.3) is 5.56 Å². The van der Waals surface area contributed by atoms with E-state index >= 15 is 0 Å². The summed E-state index contributed by atoms with van der Waals surface area (Å²) in [6.45, 7) is 2.46. The highest BCUT2D eigenvalue weighted by atomic mass is 35.5. The molecule has 6 heteroatoms. The first-order valence-corrected chi connectivity index (χ1v) is 6.97. The Balaban J connectivity index is 2.37. The fourth-order valence-electron chi connectivity index (χ4n) is 1.69. The quantitative estimate of drug-likeness (QED) is 0.851. The Morgan fingerprint density at radius 2 is 2.26 bits per heavy atom. The number of rotatable bonds is 4. The van der Waals surface area contributed by atoms with Crippen LogP contribution in [0.4, 0.5) is 0 Å². The van der Waals surface area contributed by atoms with Gasteiger partial charge in [0.2, 0.25) is 0 Å². The number of H-pyrrole nitrogens is 1. The summed E-state index contributed by atoms with van der Waals surface area (Å²) in [7, 11) is 1.87. The minimum atomic E-state index is -0.146. The molecule has 100 valence electrons. The van der Waals surface area contributed by atoms with Crippen molar-refractivity contribution in [3.05, 3.63) is 50.9 Å². The lowest BCUT2D eigenvalue weighted by Gasteiger charge is -2.10. The van der Waals surface area contributed by atoms with Crippen molar-refractivity contribution in [2.45, 2.75) is 23.5 Å². The number of aryl methyl sites for hydroxylation is 1. The van der Waals surface area contributed by atoms with Crippen LogP contribution in [-0.4, -0.2) is 17.0 Å². The highest BCUT2D eigenvalue weighted by Gasteiger charge is 2.09. The Bertz CT molecular complexity index is 642. The van der Waals surface area contributed by atoms with Crippen molar-refractivity contribution in [1.82, 2.24) is 15.3 Å². The van der Waals surface area contributed by atoms with Crippen molar-refractivity contribution in [2.75, 3.05) is 7.05 Å². The summed E-state index contributed by atoms with van der Waals surface area (Å²) in [6.07, 6.45) is 0. The molecule has 0 saturated carbocycles. The van der Waals surface area contributed by atoms with Gasteiger partial charge in [0.15, 0.2) is 5.16 Å². The lowest BCUT2D eigenvalue weighted by molar-refractivity contribution is 0.802. The zero-order valence-corrected chi connectivity index (χ0v) is 12.2. The molecule has 0 atom stereocenters. The van der Waals surface area contributed by atoms with Crippen LogP contribution in [0.3, 0.4) is 0 Å². The molecule has 0 saturated heterocycles. The van der Waals surface area contributed by atoms with Gasteiger partial charge in [-0.25, -0.2) is 4.98 Å². The highest BCUT2D eigenvalue weighted by molar-refractivity contribution is 7.99. The molecule has 0 spiro atoms. The molecule has 0 radical (unpaired) electrons. The molecule has 0 aliphatic carbocycles. The molecule has 0 bridgehead atoms. The molecular formula is C13H14ClN3OS. The second-order valence-corrected chi connectivity index (χ2v) is 5.48. The normalized spacial score (nSPS) is 10.7. The lowest BCUT2D eigenvalue weighted by atomic mass is 10.2. The molecule has 0 unspecified atom stereocenters. The summed E-state index contributed by atoms with van der Waals surface area (Å²) in [6, 6.07) is 7.17. The smallest absolute Gasteiger partial charge is 0.251 e. The van der Waals surface area contributed by atoms with Gasteiger partial charge >= 0.3 is 0 Å². The van der Waals surface area contributed by atoms with E-state index < -0.39 is 0 Å². The molecule has 4 nitrogen and oxygen atoms in total. The highest BCUT2D eigenvalue weighted by Crippen LogP contribution is 2.31. The van der Waals surface area contributed by atoms with Crippen LogP contribution in [0.2, 0.25) is 5.02 Å². The molecule has 2 aromatic rings. The van der Waals surface area contributed by atoms with E-state index in [1.165, 1.54) is 17.8 Å². The number of hydrogen-bond acceptors (Lipinski definition) is 4. The van der Waals surface area contributed by atoms with Crippen molar-refractivity contribution >= 4 is 23.4 Å². The molecule has 2 N–H and O–H groups in total. The molecule has 1 heterocycles. The van der Waals surface area contributed by atoms with Gasteiger partial charge in [0.1, 0.15) is 0 Å². The van der Waals surface area contributed by atoms with E-state index in [-0.39, 0.29) is 5.56 Å². The van der Waals surface area contributed by atoms with Crippen molar-refractivity contribution in [3.63, 3.8) is 0 Å². The average Bonchev–Trinajstić information content (AvgIpc) is 2.32. The summed E-state index contributed by atoms with van der Waals surface area (Å²) in [5, 5.41) is 4.36. The standard InChI is InChI=1S/C13H14ClN3OS/c1-8-6-12(18)17-13(16-8)19-11-5-3-4-10(14)9(11)7-15-2/h3-6,15H,7H2,1-2H3,(H,16,17,18). The zero-order valence-electron chi connectivity index (χ0n) is 10.7. The number of benzene rings is 1. The summed E-state index contributed by atoms with van der Waals surface area (Å²) >= 11 is 7.60. The number of hydrogen-bond donors (Lipinski definition) is 2. The van der Waals surface area contributed by atoms with Gasteiger partial charge in [0, 0.05) is 28.2 Å². The van der Waals surface area contributed by atoms with Crippen molar-refractivity contribution in [3.8, 4) is 0 Å². The van der Waals surface area contributed by atoms with Crippen LogP contribution >= 0.6 is 23.4 Å². The monoisotopic (exact) mass is 295 g/mol. The second-order valence-electron chi connectivity index (χ2n) is 4.04.